The summed E-state index contributed by atoms with van der Waals surface area (Å²) in [6, 6.07) is 12.4. The number of aromatic nitrogens is 3. The predicted octanol–water partition coefficient (Wildman–Crippen LogP) is 3.58. The van der Waals surface area contributed by atoms with Crippen molar-refractivity contribution in [3.63, 3.8) is 0 Å². The maximum Gasteiger partial charge on any atom is 0.161 e. The van der Waals surface area contributed by atoms with Crippen molar-refractivity contribution in [2.24, 2.45) is 5.73 Å². The van der Waals surface area contributed by atoms with E-state index < -0.39 is 0 Å². The summed E-state index contributed by atoms with van der Waals surface area (Å²) in [5, 5.41) is 8.92. The van der Waals surface area contributed by atoms with E-state index in [9.17, 15) is 0 Å². The molecule has 0 bridgehead atoms. The SMILES string of the molecule is CN1CCC[C@@]1(C)c1nnc2ccc(O[C@@H]3CC[C@H](N)c4ccccc43)cn12. The molecule has 0 unspecified atom stereocenters. The summed E-state index contributed by atoms with van der Waals surface area (Å²) in [6.07, 6.45) is 6.19. The molecule has 1 aromatic carbocycles. The molecule has 28 heavy (non-hydrogen) atoms. The van der Waals surface area contributed by atoms with Crippen LogP contribution in [0.25, 0.3) is 5.65 Å². The maximum absolute atomic E-state index is 6.44. The molecule has 3 atom stereocenters. The number of fused-ring (bicyclic) bond motifs is 2. The first-order chi connectivity index (χ1) is 13.6. The lowest BCUT2D eigenvalue weighted by Gasteiger charge is -2.31. The molecular weight excluding hydrogens is 350 g/mol. The number of likely N-dealkylation sites (tertiary alicyclic amines) is 1. The van der Waals surface area contributed by atoms with Gasteiger partial charge in [0.2, 0.25) is 0 Å². The monoisotopic (exact) mass is 377 g/mol. The number of benzene rings is 1. The molecule has 0 saturated carbocycles. The van der Waals surface area contributed by atoms with Crippen molar-refractivity contribution in [3.05, 3.63) is 59.5 Å². The molecule has 6 nitrogen and oxygen atoms in total. The van der Waals surface area contributed by atoms with Crippen LogP contribution in [0.4, 0.5) is 0 Å². The van der Waals surface area contributed by atoms with Gasteiger partial charge in [-0.25, -0.2) is 0 Å². The lowest BCUT2D eigenvalue weighted by Crippen LogP contribution is -2.37. The van der Waals surface area contributed by atoms with Crippen LogP contribution in [-0.2, 0) is 5.54 Å². The highest BCUT2D eigenvalue weighted by Gasteiger charge is 2.39. The van der Waals surface area contributed by atoms with Crippen LogP contribution in [-0.4, -0.2) is 33.1 Å². The van der Waals surface area contributed by atoms with E-state index in [-0.39, 0.29) is 17.7 Å². The van der Waals surface area contributed by atoms with Gasteiger partial charge in [-0.2, -0.15) is 0 Å². The number of ether oxygens (including phenoxy) is 1. The molecule has 1 aliphatic carbocycles. The molecule has 1 saturated heterocycles. The van der Waals surface area contributed by atoms with Gasteiger partial charge in [-0.15, -0.1) is 10.2 Å². The van der Waals surface area contributed by atoms with Crippen LogP contribution in [0.2, 0.25) is 0 Å². The Hall–Kier alpha value is -2.44. The highest BCUT2D eigenvalue weighted by atomic mass is 16.5. The van der Waals surface area contributed by atoms with E-state index in [1.807, 2.05) is 18.3 Å². The minimum atomic E-state index is -0.0950. The lowest BCUT2D eigenvalue weighted by molar-refractivity contribution is 0.174. The van der Waals surface area contributed by atoms with Crippen molar-refractivity contribution in [2.45, 2.75) is 50.3 Å². The topological polar surface area (TPSA) is 68.7 Å². The first-order valence-corrected chi connectivity index (χ1v) is 10.1. The van der Waals surface area contributed by atoms with Gasteiger partial charge in [-0.1, -0.05) is 24.3 Å². The van der Waals surface area contributed by atoms with Gasteiger partial charge in [0, 0.05) is 6.04 Å². The van der Waals surface area contributed by atoms with Crippen LogP contribution >= 0.6 is 0 Å². The molecule has 1 fully saturated rings. The zero-order chi connectivity index (χ0) is 19.3. The van der Waals surface area contributed by atoms with Crippen molar-refractivity contribution >= 4 is 5.65 Å². The van der Waals surface area contributed by atoms with Gasteiger partial charge in [-0.3, -0.25) is 9.30 Å². The maximum atomic E-state index is 6.44. The van der Waals surface area contributed by atoms with Crippen LogP contribution in [0.1, 0.15) is 61.7 Å². The van der Waals surface area contributed by atoms with Crippen molar-refractivity contribution in [1.82, 2.24) is 19.5 Å². The standard InChI is InChI=1S/C22H27N5O/c1-22(12-5-13-26(22)2)21-25-24-20-11-8-15(14-27(20)21)28-19-10-9-18(23)16-6-3-4-7-17(16)19/h3-4,6-8,11,14,18-19H,5,9-10,12-13,23H2,1-2H3/t18-,19+,22-/m0/s1. The summed E-state index contributed by atoms with van der Waals surface area (Å²) >= 11 is 0. The van der Waals surface area contributed by atoms with Crippen molar-refractivity contribution in [1.29, 1.82) is 0 Å². The number of nitrogens with two attached hydrogens (primary N) is 1. The van der Waals surface area contributed by atoms with Crippen LogP contribution in [0.3, 0.4) is 0 Å². The zero-order valence-electron chi connectivity index (χ0n) is 16.5. The van der Waals surface area contributed by atoms with Crippen molar-refractivity contribution < 1.29 is 4.74 Å². The molecule has 3 aromatic rings. The Morgan fingerprint density at radius 1 is 1.11 bits per heavy atom. The Labute approximate surface area is 165 Å². The molecule has 6 heteroatoms. The van der Waals surface area contributed by atoms with E-state index in [0.29, 0.717) is 0 Å². The average molecular weight is 377 g/mol. The number of pyridine rings is 1. The highest BCUT2D eigenvalue weighted by Crippen LogP contribution is 2.39. The molecule has 146 valence electrons. The van der Waals surface area contributed by atoms with Crippen molar-refractivity contribution in [3.8, 4) is 5.75 Å². The normalized spacial score (nSPS) is 27.8. The molecule has 0 radical (unpaired) electrons. The fraction of sp³-hybridized carbons (Fsp3) is 0.455. The summed E-state index contributed by atoms with van der Waals surface area (Å²) in [4.78, 5) is 2.37. The summed E-state index contributed by atoms with van der Waals surface area (Å²) in [6.45, 7) is 3.34. The third kappa shape index (κ3) is 2.71. The van der Waals surface area contributed by atoms with Crippen LogP contribution in [0.15, 0.2) is 42.6 Å². The largest absolute Gasteiger partial charge is 0.484 e. The highest BCUT2D eigenvalue weighted by molar-refractivity contribution is 5.43. The van der Waals surface area contributed by atoms with Gasteiger partial charge < -0.3 is 10.5 Å². The van der Waals surface area contributed by atoms with Gasteiger partial charge in [0.15, 0.2) is 11.5 Å². The number of hydrogen-bond acceptors (Lipinski definition) is 5. The Morgan fingerprint density at radius 3 is 2.71 bits per heavy atom. The fourth-order valence-corrected chi connectivity index (χ4v) is 4.76. The number of rotatable bonds is 3. The molecule has 1 aliphatic heterocycles. The quantitative estimate of drug-likeness (QED) is 0.755. The Morgan fingerprint density at radius 2 is 1.93 bits per heavy atom. The second-order valence-corrected chi connectivity index (χ2v) is 8.33. The molecular formula is C22H27N5O. The van der Waals surface area contributed by atoms with Gasteiger partial charge in [0.05, 0.1) is 11.7 Å². The van der Waals surface area contributed by atoms with E-state index >= 15 is 0 Å². The molecule has 2 N–H and O–H groups in total. The first kappa shape index (κ1) is 17.6. The van der Waals surface area contributed by atoms with E-state index in [2.05, 4.69) is 57.7 Å². The molecule has 3 heterocycles. The number of hydrogen-bond donors (Lipinski definition) is 1. The third-order valence-electron chi connectivity index (χ3n) is 6.62. The summed E-state index contributed by atoms with van der Waals surface area (Å²) < 4.78 is 8.53. The van der Waals surface area contributed by atoms with E-state index in [0.717, 1.165) is 43.0 Å². The third-order valence-corrected chi connectivity index (χ3v) is 6.62. The second kappa shape index (κ2) is 6.57. The Kier molecular flexibility index (Phi) is 4.14. The zero-order valence-corrected chi connectivity index (χ0v) is 16.5. The van der Waals surface area contributed by atoms with E-state index in [4.69, 9.17) is 10.5 Å². The molecule has 5 rings (SSSR count). The summed E-state index contributed by atoms with van der Waals surface area (Å²) in [5.41, 5.74) is 9.46. The van der Waals surface area contributed by atoms with Crippen molar-refractivity contribution in [2.75, 3.05) is 13.6 Å². The molecule has 2 aromatic heterocycles. The van der Waals surface area contributed by atoms with Gasteiger partial charge in [0.1, 0.15) is 11.9 Å². The fourth-order valence-electron chi connectivity index (χ4n) is 4.76. The van der Waals surface area contributed by atoms with E-state index in [1.54, 1.807) is 0 Å². The predicted molar refractivity (Wildman–Crippen MR) is 108 cm³/mol. The lowest BCUT2D eigenvalue weighted by atomic mass is 9.86. The minimum Gasteiger partial charge on any atom is -0.484 e. The smallest absolute Gasteiger partial charge is 0.161 e. The second-order valence-electron chi connectivity index (χ2n) is 8.33. The van der Waals surface area contributed by atoms with Crippen LogP contribution < -0.4 is 10.5 Å². The van der Waals surface area contributed by atoms with Gasteiger partial charge in [0.25, 0.3) is 0 Å². The van der Waals surface area contributed by atoms with Crippen LogP contribution in [0.5, 0.6) is 5.75 Å². The Balaban J connectivity index is 1.50. The molecule has 0 spiro atoms. The van der Waals surface area contributed by atoms with Gasteiger partial charge in [-0.05, 0) is 69.5 Å². The van der Waals surface area contributed by atoms with Crippen LogP contribution in [0, 0.1) is 0 Å². The first-order valence-electron chi connectivity index (χ1n) is 10.1. The molecule has 2 aliphatic rings. The summed E-state index contributed by atoms with van der Waals surface area (Å²) in [7, 11) is 2.16. The number of nitrogens with zero attached hydrogens (tertiary/aromatic N) is 4. The Bertz CT molecular complexity index is 1020. The van der Waals surface area contributed by atoms with E-state index in [1.165, 1.54) is 17.5 Å². The average Bonchev–Trinajstić information content (AvgIpc) is 3.28. The van der Waals surface area contributed by atoms with Gasteiger partial charge >= 0.3 is 0 Å². The minimum absolute atomic E-state index is 0.0260. The summed E-state index contributed by atoms with van der Waals surface area (Å²) in [5.74, 6) is 1.83. The molecule has 0 amide bonds.